The van der Waals surface area contributed by atoms with Gasteiger partial charge in [-0.1, -0.05) is 0 Å². The number of hydrogen-bond donors (Lipinski definition) is 1. The molecule has 0 atom stereocenters. The average molecular weight is 407 g/mol. The molecule has 0 radical (unpaired) electrons. The molecule has 0 aliphatic carbocycles. The Labute approximate surface area is 154 Å². The van der Waals surface area contributed by atoms with Gasteiger partial charge in [0, 0.05) is 25.5 Å². The summed E-state index contributed by atoms with van der Waals surface area (Å²) < 4.78 is 10.8. The van der Waals surface area contributed by atoms with Crippen LogP contribution in [0, 0.1) is 0 Å². The van der Waals surface area contributed by atoms with Crippen LogP contribution in [0.2, 0.25) is 0 Å². The minimum atomic E-state index is -0.582. The highest BCUT2D eigenvalue weighted by Gasteiger charge is 2.12. The lowest BCUT2D eigenvalue weighted by molar-refractivity contribution is -0.119. The van der Waals surface area contributed by atoms with E-state index >= 15 is 0 Å². The summed E-state index contributed by atoms with van der Waals surface area (Å²) in [6.45, 7) is -0.363. The molecule has 0 saturated heterocycles. The van der Waals surface area contributed by atoms with E-state index in [9.17, 15) is 9.59 Å². The Morgan fingerprint density at radius 1 is 1.12 bits per heavy atom. The second-order valence-electron chi connectivity index (χ2n) is 5.41. The number of rotatable bonds is 6. The van der Waals surface area contributed by atoms with Gasteiger partial charge in [-0.3, -0.25) is 4.79 Å². The molecule has 0 spiro atoms. The summed E-state index contributed by atoms with van der Waals surface area (Å²) in [7, 11) is 5.41. The number of nitrogens with one attached hydrogen (secondary N) is 1. The quantitative estimate of drug-likeness (QED) is 0.745. The van der Waals surface area contributed by atoms with Gasteiger partial charge >= 0.3 is 5.97 Å². The third-order valence-electron chi connectivity index (χ3n) is 3.39. The first kappa shape index (κ1) is 18.8. The molecule has 2 aromatic rings. The Balaban J connectivity index is 1.88. The molecule has 0 heterocycles. The molecule has 0 aliphatic rings. The van der Waals surface area contributed by atoms with E-state index in [0.717, 1.165) is 5.69 Å². The summed E-state index contributed by atoms with van der Waals surface area (Å²) in [6.07, 6.45) is 0. The van der Waals surface area contributed by atoms with Crippen molar-refractivity contribution in [3.05, 3.63) is 52.5 Å². The fraction of sp³-hybridized carbons (Fsp3) is 0.222. The number of esters is 1. The Kier molecular flexibility index (Phi) is 6.41. The van der Waals surface area contributed by atoms with Crippen molar-refractivity contribution in [1.29, 1.82) is 0 Å². The minimum absolute atomic E-state index is 0.329. The Hall–Kier alpha value is -2.54. The zero-order valence-electron chi connectivity index (χ0n) is 14.2. The maximum Gasteiger partial charge on any atom is 0.338 e. The number of amides is 1. The highest BCUT2D eigenvalue weighted by molar-refractivity contribution is 9.10. The number of carbonyl (C=O) groups excluding carboxylic acids is 2. The number of ether oxygens (including phenoxy) is 2. The summed E-state index contributed by atoms with van der Waals surface area (Å²) in [5, 5.41) is 2.68. The lowest BCUT2D eigenvalue weighted by Crippen LogP contribution is -2.21. The summed E-state index contributed by atoms with van der Waals surface area (Å²) in [4.78, 5) is 25.9. The summed E-state index contributed by atoms with van der Waals surface area (Å²) in [5.41, 5.74) is 1.99. The van der Waals surface area contributed by atoms with E-state index in [4.69, 9.17) is 9.47 Å². The second-order valence-corrected chi connectivity index (χ2v) is 6.27. The first-order chi connectivity index (χ1) is 11.9. The molecular weight excluding hydrogens is 388 g/mol. The van der Waals surface area contributed by atoms with Crippen molar-refractivity contribution in [1.82, 2.24) is 0 Å². The second kappa shape index (κ2) is 8.53. The van der Waals surface area contributed by atoms with Crippen LogP contribution >= 0.6 is 15.9 Å². The van der Waals surface area contributed by atoms with Crippen molar-refractivity contribution < 1.29 is 19.1 Å². The fourth-order valence-electron chi connectivity index (χ4n) is 2.05. The van der Waals surface area contributed by atoms with Gasteiger partial charge in [0.15, 0.2) is 6.61 Å². The highest BCUT2D eigenvalue weighted by atomic mass is 79.9. The minimum Gasteiger partial charge on any atom is -0.496 e. The van der Waals surface area contributed by atoms with Crippen molar-refractivity contribution in [2.75, 3.05) is 38.0 Å². The highest BCUT2D eigenvalue weighted by Crippen LogP contribution is 2.25. The maximum atomic E-state index is 12.0. The van der Waals surface area contributed by atoms with Crippen LogP contribution in [0.1, 0.15) is 10.4 Å². The van der Waals surface area contributed by atoms with E-state index in [0.29, 0.717) is 21.5 Å². The molecule has 0 aromatic heterocycles. The fourth-order valence-corrected chi connectivity index (χ4v) is 2.59. The third kappa shape index (κ3) is 5.22. The lowest BCUT2D eigenvalue weighted by atomic mass is 10.2. The molecular formula is C18H19BrN2O4. The van der Waals surface area contributed by atoms with Gasteiger partial charge in [-0.25, -0.2) is 4.79 Å². The molecule has 2 rings (SSSR count). The standard InChI is InChI=1S/C18H19BrN2O4/c1-21(2)14-7-5-13(6-8-14)20-17(22)11-25-18(23)12-4-9-16(24-3)15(19)10-12/h4-10H,11H2,1-3H3,(H,20,22). The third-order valence-corrected chi connectivity index (χ3v) is 4.01. The number of nitrogens with zero attached hydrogens (tertiary/aromatic N) is 1. The van der Waals surface area contributed by atoms with Crippen LogP contribution in [0.3, 0.4) is 0 Å². The first-order valence-corrected chi connectivity index (χ1v) is 8.28. The van der Waals surface area contributed by atoms with Crippen molar-refractivity contribution in [2.45, 2.75) is 0 Å². The number of hydrogen-bond acceptors (Lipinski definition) is 5. The molecule has 0 unspecified atom stereocenters. The van der Waals surface area contributed by atoms with Gasteiger partial charge in [-0.05, 0) is 58.4 Å². The number of methoxy groups -OCH3 is 1. The Morgan fingerprint density at radius 3 is 2.36 bits per heavy atom. The van der Waals surface area contributed by atoms with Crippen LogP contribution in [0.15, 0.2) is 46.9 Å². The molecule has 132 valence electrons. The molecule has 0 saturated carbocycles. The molecule has 25 heavy (non-hydrogen) atoms. The average Bonchev–Trinajstić information content (AvgIpc) is 2.60. The van der Waals surface area contributed by atoms with Gasteiger partial charge < -0.3 is 19.7 Å². The molecule has 2 aromatic carbocycles. The molecule has 0 bridgehead atoms. The van der Waals surface area contributed by atoms with Crippen LogP contribution in [0.25, 0.3) is 0 Å². The molecule has 6 nitrogen and oxygen atoms in total. The van der Waals surface area contributed by atoms with E-state index in [-0.39, 0.29) is 6.61 Å². The van der Waals surface area contributed by atoms with E-state index in [1.54, 1.807) is 30.3 Å². The smallest absolute Gasteiger partial charge is 0.338 e. The van der Waals surface area contributed by atoms with Gasteiger partial charge in [0.2, 0.25) is 0 Å². The van der Waals surface area contributed by atoms with Gasteiger partial charge in [0.05, 0.1) is 17.1 Å². The summed E-state index contributed by atoms with van der Waals surface area (Å²) >= 11 is 3.30. The van der Waals surface area contributed by atoms with Crippen molar-refractivity contribution in [2.24, 2.45) is 0 Å². The van der Waals surface area contributed by atoms with Crippen LogP contribution in [0.4, 0.5) is 11.4 Å². The predicted octanol–water partition coefficient (Wildman–Crippen LogP) is 3.32. The zero-order chi connectivity index (χ0) is 18.4. The number of anilines is 2. The summed E-state index contributed by atoms with van der Waals surface area (Å²) in [5.74, 6) is -0.379. The first-order valence-electron chi connectivity index (χ1n) is 7.48. The van der Waals surface area contributed by atoms with E-state index in [1.807, 2.05) is 31.1 Å². The number of carbonyl (C=O) groups is 2. The largest absolute Gasteiger partial charge is 0.496 e. The van der Waals surface area contributed by atoms with Gasteiger partial charge in [-0.15, -0.1) is 0 Å². The lowest BCUT2D eigenvalue weighted by Gasteiger charge is -2.13. The predicted molar refractivity (Wildman–Crippen MR) is 100 cm³/mol. The monoisotopic (exact) mass is 406 g/mol. The zero-order valence-corrected chi connectivity index (χ0v) is 15.8. The summed E-state index contributed by atoms with van der Waals surface area (Å²) in [6, 6.07) is 12.1. The van der Waals surface area contributed by atoms with Gasteiger partial charge in [0.25, 0.3) is 5.91 Å². The molecule has 7 heteroatoms. The normalized spacial score (nSPS) is 10.1. The van der Waals surface area contributed by atoms with E-state index < -0.39 is 11.9 Å². The molecule has 1 amide bonds. The van der Waals surface area contributed by atoms with Crippen molar-refractivity contribution >= 4 is 39.2 Å². The van der Waals surface area contributed by atoms with Gasteiger partial charge in [0.1, 0.15) is 5.75 Å². The molecule has 1 N–H and O–H groups in total. The van der Waals surface area contributed by atoms with Crippen LogP contribution in [-0.2, 0) is 9.53 Å². The van der Waals surface area contributed by atoms with Crippen molar-refractivity contribution in [3.63, 3.8) is 0 Å². The van der Waals surface area contributed by atoms with Crippen molar-refractivity contribution in [3.8, 4) is 5.75 Å². The van der Waals surface area contributed by atoms with Gasteiger partial charge in [-0.2, -0.15) is 0 Å². The maximum absolute atomic E-state index is 12.0. The Bertz CT molecular complexity index is 760. The van der Waals surface area contributed by atoms with Crippen LogP contribution < -0.4 is 15.0 Å². The SMILES string of the molecule is COc1ccc(C(=O)OCC(=O)Nc2ccc(N(C)C)cc2)cc1Br. The molecule has 0 fully saturated rings. The van der Waals surface area contributed by atoms with E-state index in [2.05, 4.69) is 21.2 Å². The van der Waals surface area contributed by atoms with Crippen LogP contribution in [-0.4, -0.2) is 39.7 Å². The molecule has 0 aliphatic heterocycles. The Morgan fingerprint density at radius 2 is 1.80 bits per heavy atom. The number of halogens is 1. The number of benzene rings is 2. The topological polar surface area (TPSA) is 67.9 Å². The van der Waals surface area contributed by atoms with E-state index in [1.165, 1.54) is 7.11 Å². The van der Waals surface area contributed by atoms with Crippen LogP contribution in [0.5, 0.6) is 5.75 Å².